The summed E-state index contributed by atoms with van der Waals surface area (Å²) in [5.41, 5.74) is 5.45. The van der Waals surface area contributed by atoms with E-state index in [1.54, 1.807) is 12.1 Å². The monoisotopic (exact) mass is 209 g/mol. The van der Waals surface area contributed by atoms with Crippen molar-refractivity contribution in [2.75, 3.05) is 0 Å². The summed E-state index contributed by atoms with van der Waals surface area (Å²) in [5, 5.41) is 0. The van der Waals surface area contributed by atoms with E-state index in [1.165, 1.54) is 0 Å². The lowest BCUT2D eigenvalue weighted by atomic mass is 10.1. The average molecular weight is 209 g/mol. The molecule has 0 bridgehead atoms. The van der Waals surface area contributed by atoms with Crippen molar-refractivity contribution in [1.29, 1.82) is 0 Å². The number of hydrogen-bond acceptors (Lipinski definition) is 2. The first-order valence-electron chi connectivity index (χ1n) is 4.45. The van der Waals surface area contributed by atoms with E-state index in [2.05, 4.69) is 0 Å². The van der Waals surface area contributed by atoms with E-state index >= 15 is 0 Å². The molecule has 0 aliphatic heterocycles. The molecule has 2 N–H and O–H groups in total. The zero-order valence-electron chi connectivity index (χ0n) is 7.84. The first-order valence-corrected chi connectivity index (χ1v) is 4.45. The summed E-state index contributed by atoms with van der Waals surface area (Å²) in [7, 11) is 0. The van der Waals surface area contributed by atoms with E-state index in [4.69, 9.17) is 10.2 Å². The minimum Gasteiger partial charge on any atom is -0.460 e. The second-order valence-corrected chi connectivity index (χ2v) is 3.09. The van der Waals surface area contributed by atoms with Gasteiger partial charge in [-0.15, -0.1) is 0 Å². The molecule has 4 heteroatoms. The lowest BCUT2D eigenvalue weighted by molar-refractivity contribution is 0.518. The van der Waals surface area contributed by atoms with Crippen LogP contribution in [0.3, 0.4) is 0 Å². The lowest BCUT2D eigenvalue weighted by Gasteiger charge is -1.99. The van der Waals surface area contributed by atoms with Crippen LogP contribution in [0.4, 0.5) is 8.78 Å². The van der Waals surface area contributed by atoms with Gasteiger partial charge in [0.1, 0.15) is 23.2 Å². The predicted molar refractivity (Wildman–Crippen MR) is 52.0 cm³/mol. The molecule has 0 spiro atoms. The van der Waals surface area contributed by atoms with E-state index < -0.39 is 11.6 Å². The summed E-state index contributed by atoms with van der Waals surface area (Å²) >= 11 is 0. The van der Waals surface area contributed by atoms with Crippen molar-refractivity contribution in [1.82, 2.24) is 0 Å². The molecule has 0 atom stereocenters. The van der Waals surface area contributed by atoms with Crippen molar-refractivity contribution in [3.05, 3.63) is 47.7 Å². The standard InChI is InChI=1S/C11H9F2NO/c12-7-1-3-10(13)9(5-7)11-4-2-8(6-14)15-11/h1-5H,6,14H2. The Labute approximate surface area is 85.3 Å². The Balaban J connectivity index is 2.48. The van der Waals surface area contributed by atoms with Gasteiger partial charge in [-0.25, -0.2) is 8.78 Å². The van der Waals surface area contributed by atoms with Crippen molar-refractivity contribution in [3.8, 4) is 11.3 Å². The summed E-state index contributed by atoms with van der Waals surface area (Å²) < 4.78 is 31.4. The zero-order chi connectivity index (χ0) is 10.8. The van der Waals surface area contributed by atoms with Gasteiger partial charge in [0.05, 0.1) is 12.1 Å². The quantitative estimate of drug-likeness (QED) is 0.825. The zero-order valence-corrected chi connectivity index (χ0v) is 7.84. The van der Waals surface area contributed by atoms with Gasteiger partial charge in [0.25, 0.3) is 0 Å². The fraction of sp³-hybridized carbons (Fsp3) is 0.0909. The van der Waals surface area contributed by atoms with E-state index in [0.717, 1.165) is 18.2 Å². The minimum atomic E-state index is -0.519. The molecule has 0 aliphatic carbocycles. The highest BCUT2D eigenvalue weighted by atomic mass is 19.1. The van der Waals surface area contributed by atoms with Crippen LogP contribution in [0.1, 0.15) is 5.76 Å². The molecule has 78 valence electrons. The van der Waals surface area contributed by atoms with Gasteiger partial charge < -0.3 is 10.2 Å². The maximum absolute atomic E-state index is 13.3. The number of hydrogen-bond donors (Lipinski definition) is 1. The van der Waals surface area contributed by atoms with Crippen molar-refractivity contribution < 1.29 is 13.2 Å². The van der Waals surface area contributed by atoms with Gasteiger partial charge in [-0.2, -0.15) is 0 Å². The SMILES string of the molecule is NCc1ccc(-c2cc(F)ccc2F)o1. The van der Waals surface area contributed by atoms with Crippen LogP contribution in [0.15, 0.2) is 34.7 Å². The van der Waals surface area contributed by atoms with Crippen LogP contribution in [-0.4, -0.2) is 0 Å². The average Bonchev–Trinajstić information content (AvgIpc) is 2.70. The van der Waals surface area contributed by atoms with Gasteiger partial charge in [-0.3, -0.25) is 0 Å². The van der Waals surface area contributed by atoms with Crippen LogP contribution in [0.2, 0.25) is 0 Å². The van der Waals surface area contributed by atoms with Crippen LogP contribution in [0.25, 0.3) is 11.3 Å². The topological polar surface area (TPSA) is 39.2 Å². The first-order chi connectivity index (χ1) is 7.20. The molecule has 0 saturated heterocycles. The molecule has 1 aromatic heterocycles. The van der Waals surface area contributed by atoms with Crippen LogP contribution in [0.5, 0.6) is 0 Å². The summed E-state index contributed by atoms with van der Waals surface area (Å²) in [6.07, 6.45) is 0. The molecule has 2 aromatic rings. The molecular weight excluding hydrogens is 200 g/mol. The first kappa shape index (κ1) is 9.86. The smallest absolute Gasteiger partial charge is 0.137 e. The van der Waals surface area contributed by atoms with Crippen LogP contribution < -0.4 is 5.73 Å². The van der Waals surface area contributed by atoms with Crippen molar-refractivity contribution in [2.45, 2.75) is 6.54 Å². The molecule has 1 aromatic carbocycles. The predicted octanol–water partition coefficient (Wildman–Crippen LogP) is 2.68. The van der Waals surface area contributed by atoms with Crippen LogP contribution in [-0.2, 0) is 6.54 Å². The Morgan fingerprint density at radius 1 is 1.13 bits per heavy atom. The number of benzene rings is 1. The maximum Gasteiger partial charge on any atom is 0.137 e. The molecule has 2 nitrogen and oxygen atoms in total. The normalized spacial score (nSPS) is 10.6. The summed E-state index contributed by atoms with van der Waals surface area (Å²) in [6.45, 7) is 0.233. The summed E-state index contributed by atoms with van der Waals surface area (Å²) in [5.74, 6) is -0.201. The second-order valence-electron chi connectivity index (χ2n) is 3.09. The van der Waals surface area contributed by atoms with Gasteiger partial charge in [0.2, 0.25) is 0 Å². The number of furan rings is 1. The molecular formula is C11H9F2NO. The largest absolute Gasteiger partial charge is 0.460 e. The molecule has 0 saturated carbocycles. The summed E-state index contributed by atoms with van der Waals surface area (Å²) in [4.78, 5) is 0. The van der Waals surface area contributed by atoms with Crippen LogP contribution >= 0.6 is 0 Å². The van der Waals surface area contributed by atoms with E-state index in [9.17, 15) is 8.78 Å². The number of halogens is 2. The minimum absolute atomic E-state index is 0.106. The highest BCUT2D eigenvalue weighted by Gasteiger charge is 2.10. The third-order valence-electron chi connectivity index (χ3n) is 2.06. The molecule has 0 unspecified atom stereocenters. The van der Waals surface area contributed by atoms with Crippen molar-refractivity contribution in [2.24, 2.45) is 5.73 Å². The Bertz CT molecular complexity index is 479. The highest BCUT2D eigenvalue weighted by molar-refractivity contribution is 5.58. The van der Waals surface area contributed by atoms with Crippen molar-refractivity contribution in [3.63, 3.8) is 0 Å². The fourth-order valence-electron chi connectivity index (χ4n) is 1.32. The van der Waals surface area contributed by atoms with Gasteiger partial charge >= 0.3 is 0 Å². The Kier molecular flexibility index (Phi) is 2.51. The molecule has 15 heavy (non-hydrogen) atoms. The third-order valence-corrected chi connectivity index (χ3v) is 2.06. The molecule has 0 radical (unpaired) electrons. The number of rotatable bonds is 2. The third kappa shape index (κ3) is 1.89. The highest BCUT2D eigenvalue weighted by Crippen LogP contribution is 2.25. The second kappa shape index (κ2) is 3.82. The molecule has 0 fully saturated rings. The molecule has 0 amide bonds. The Hall–Kier alpha value is -1.68. The summed E-state index contributed by atoms with van der Waals surface area (Å²) in [6, 6.07) is 6.43. The van der Waals surface area contributed by atoms with Crippen LogP contribution in [0, 0.1) is 11.6 Å². The number of nitrogens with two attached hydrogens (primary N) is 1. The Morgan fingerprint density at radius 2 is 1.93 bits per heavy atom. The van der Waals surface area contributed by atoms with Gasteiger partial charge in [0, 0.05) is 0 Å². The molecule has 1 heterocycles. The molecule has 0 aliphatic rings. The lowest BCUT2D eigenvalue weighted by Crippen LogP contribution is -1.92. The van der Waals surface area contributed by atoms with Gasteiger partial charge in [-0.05, 0) is 30.3 Å². The van der Waals surface area contributed by atoms with Gasteiger partial charge in [-0.1, -0.05) is 0 Å². The maximum atomic E-state index is 13.3. The van der Waals surface area contributed by atoms with E-state index in [-0.39, 0.29) is 17.9 Å². The van der Waals surface area contributed by atoms with E-state index in [0.29, 0.717) is 5.76 Å². The van der Waals surface area contributed by atoms with Gasteiger partial charge in [0.15, 0.2) is 0 Å². The van der Waals surface area contributed by atoms with Crippen molar-refractivity contribution >= 4 is 0 Å². The Morgan fingerprint density at radius 3 is 2.60 bits per heavy atom. The van der Waals surface area contributed by atoms with E-state index in [1.807, 2.05) is 0 Å². The fourth-order valence-corrected chi connectivity index (χ4v) is 1.32. The molecule has 2 rings (SSSR count).